The van der Waals surface area contributed by atoms with Crippen molar-refractivity contribution in [2.24, 2.45) is 4.99 Å². The first-order valence-electron chi connectivity index (χ1n) is 7.62. The van der Waals surface area contributed by atoms with Gasteiger partial charge in [-0.15, -0.1) is 0 Å². The molecule has 2 aromatic rings. The molecule has 0 spiro atoms. The monoisotopic (exact) mass is 360 g/mol. The van der Waals surface area contributed by atoms with Crippen molar-refractivity contribution >= 4 is 27.2 Å². The maximum atomic E-state index is 12.5. The lowest BCUT2D eigenvalue weighted by Crippen LogP contribution is -2.30. The first kappa shape index (κ1) is 16.9. The van der Waals surface area contributed by atoms with E-state index in [0.717, 1.165) is 37.0 Å². The van der Waals surface area contributed by atoms with E-state index in [1.54, 1.807) is 18.2 Å². The molecule has 0 amide bonds. The van der Waals surface area contributed by atoms with Gasteiger partial charge in [-0.3, -0.25) is 19.8 Å². The summed E-state index contributed by atoms with van der Waals surface area (Å²) < 4.78 is 27.4. The summed E-state index contributed by atoms with van der Waals surface area (Å²) in [6.07, 6.45) is 0.961. The molecule has 0 saturated heterocycles. The van der Waals surface area contributed by atoms with Gasteiger partial charge in [0.05, 0.1) is 9.82 Å². The van der Waals surface area contributed by atoms with Gasteiger partial charge in [-0.1, -0.05) is 18.2 Å². The molecule has 25 heavy (non-hydrogen) atoms. The van der Waals surface area contributed by atoms with Crippen molar-refractivity contribution in [3.8, 4) is 0 Å². The molecule has 0 aromatic heterocycles. The maximum absolute atomic E-state index is 12.5. The largest absolute Gasteiger partial charge is 0.370 e. The van der Waals surface area contributed by atoms with Crippen molar-refractivity contribution < 1.29 is 13.3 Å². The number of anilines is 1. The number of hydrogen-bond donors (Lipinski definition) is 2. The molecule has 2 aromatic carbocycles. The van der Waals surface area contributed by atoms with Crippen molar-refractivity contribution in [1.29, 1.82) is 0 Å². The first-order chi connectivity index (χ1) is 12.0. The molecule has 2 N–H and O–H groups in total. The number of sulfonamides is 1. The van der Waals surface area contributed by atoms with Gasteiger partial charge in [0.2, 0.25) is 0 Å². The van der Waals surface area contributed by atoms with E-state index in [0.29, 0.717) is 5.69 Å². The molecule has 0 atom stereocenters. The summed E-state index contributed by atoms with van der Waals surface area (Å²) in [4.78, 5) is 14.4. The van der Waals surface area contributed by atoms with Gasteiger partial charge in [-0.2, -0.15) is 0 Å². The molecule has 3 rings (SSSR count). The third-order valence-electron chi connectivity index (χ3n) is 3.62. The number of rotatable bonds is 5. The molecule has 0 aliphatic carbocycles. The number of nitrogens with one attached hydrogen (secondary N) is 2. The van der Waals surface area contributed by atoms with Crippen LogP contribution >= 0.6 is 0 Å². The van der Waals surface area contributed by atoms with Crippen LogP contribution in [0.2, 0.25) is 0 Å². The second kappa shape index (κ2) is 6.89. The minimum Gasteiger partial charge on any atom is -0.370 e. The molecule has 0 radical (unpaired) electrons. The number of amidine groups is 1. The van der Waals surface area contributed by atoms with E-state index < -0.39 is 14.9 Å². The van der Waals surface area contributed by atoms with Crippen molar-refractivity contribution in [3.63, 3.8) is 0 Å². The molecule has 8 nitrogen and oxygen atoms in total. The SMILES string of the molecule is O=[N+]([O-])c1cccc(S(=O)(=O)Nc2cccc(C3=NCCCN3)c2)c1. The van der Waals surface area contributed by atoms with Crippen LogP contribution in [-0.2, 0) is 10.0 Å². The number of nitrogens with zero attached hydrogens (tertiary/aromatic N) is 2. The van der Waals surface area contributed by atoms with Gasteiger partial charge in [0.15, 0.2) is 0 Å². The van der Waals surface area contributed by atoms with Gasteiger partial charge in [0.1, 0.15) is 5.84 Å². The standard InChI is InChI=1S/C16H16N4O4S/c21-20(22)14-6-2-7-15(11-14)25(23,24)19-13-5-1-4-12(10-13)16-17-8-3-9-18-16/h1-2,4-7,10-11,19H,3,8-9H2,(H,17,18). The van der Waals surface area contributed by atoms with Crippen LogP contribution in [0.15, 0.2) is 58.4 Å². The average molecular weight is 360 g/mol. The topological polar surface area (TPSA) is 114 Å². The Labute approximate surface area is 144 Å². The minimum absolute atomic E-state index is 0.166. The maximum Gasteiger partial charge on any atom is 0.270 e. The lowest BCUT2D eigenvalue weighted by Gasteiger charge is -2.15. The minimum atomic E-state index is -3.93. The van der Waals surface area contributed by atoms with Crippen LogP contribution in [-0.4, -0.2) is 32.3 Å². The molecule has 130 valence electrons. The summed E-state index contributed by atoms with van der Waals surface area (Å²) in [5, 5.41) is 14.0. The highest BCUT2D eigenvalue weighted by molar-refractivity contribution is 7.92. The van der Waals surface area contributed by atoms with Crippen LogP contribution < -0.4 is 10.0 Å². The van der Waals surface area contributed by atoms with E-state index in [4.69, 9.17) is 0 Å². The molecule has 0 bridgehead atoms. The predicted octanol–water partition coefficient (Wildman–Crippen LogP) is 2.14. The zero-order chi connectivity index (χ0) is 17.9. The second-order valence-corrected chi connectivity index (χ2v) is 7.13. The number of hydrogen-bond acceptors (Lipinski definition) is 6. The smallest absolute Gasteiger partial charge is 0.270 e. The van der Waals surface area contributed by atoms with E-state index in [2.05, 4.69) is 15.0 Å². The lowest BCUT2D eigenvalue weighted by atomic mass is 10.1. The van der Waals surface area contributed by atoms with Crippen molar-refractivity contribution in [3.05, 3.63) is 64.2 Å². The van der Waals surface area contributed by atoms with Gasteiger partial charge in [-0.25, -0.2) is 8.42 Å². The summed E-state index contributed by atoms with van der Waals surface area (Å²) in [5.41, 5.74) is 0.857. The van der Waals surface area contributed by atoms with Gasteiger partial charge in [-0.05, 0) is 24.6 Å². The molecule has 1 aliphatic heterocycles. The Bertz CT molecular complexity index is 941. The van der Waals surface area contributed by atoms with Gasteiger partial charge in [0.25, 0.3) is 15.7 Å². The third-order valence-corrected chi connectivity index (χ3v) is 5.00. The van der Waals surface area contributed by atoms with Gasteiger partial charge >= 0.3 is 0 Å². The Morgan fingerprint density at radius 1 is 1.16 bits per heavy atom. The number of non-ortho nitro benzene ring substituents is 1. The molecule has 0 unspecified atom stereocenters. The van der Waals surface area contributed by atoms with Crippen LogP contribution in [0.3, 0.4) is 0 Å². The summed E-state index contributed by atoms with van der Waals surface area (Å²) in [5.74, 6) is 0.725. The van der Waals surface area contributed by atoms with E-state index >= 15 is 0 Å². The number of benzene rings is 2. The Kier molecular flexibility index (Phi) is 4.66. The highest BCUT2D eigenvalue weighted by Gasteiger charge is 2.18. The molecular weight excluding hydrogens is 344 g/mol. The van der Waals surface area contributed by atoms with Crippen molar-refractivity contribution in [2.75, 3.05) is 17.8 Å². The summed E-state index contributed by atoms with van der Waals surface area (Å²) in [6, 6.07) is 11.8. The van der Waals surface area contributed by atoms with Crippen LogP contribution in [0.5, 0.6) is 0 Å². The summed E-state index contributed by atoms with van der Waals surface area (Å²) in [6.45, 7) is 1.55. The number of nitro groups is 1. The van der Waals surface area contributed by atoms with Gasteiger partial charge in [0, 0.05) is 36.5 Å². The Morgan fingerprint density at radius 3 is 2.68 bits per heavy atom. The van der Waals surface area contributed by atoms with Crippen LogP contribution in [0, 0.1) is 10.1 Å². The Morgan fingerprint density at radius 2 is 1.96 bits per heavy atom. The molecule has 1 aliphatic rings. The summed E-state index contributed by atoms with van der Waals surface area (Å²) >= 11 is 0. The third kappa shape index (κ3) is 3.94. The Hall–Kier alpha value is -2.94. The fraction of sp³-hybridized carbons (Fsp3) is 0.188. The molecule has 0 fully saturated rings. The predicted molar refractivity (Wildman–Crippen MR) is 94.4 cm³/mol. The zero-order valence-electron chi connectivity index (χ0n) is 13.2. The van der Waals surface area contributed by atoms with E-state index in [9.17, 15) is 18.5 Å². The van der Waals surface area contributed by atoms with Crippen LogP contribution in [0.25, 0.3) is 0 Å². The Balaban J connectivity index is 1.87. The second-order valence-electron chi connectivity index (χ2n) is 5.45. The lowest BCUT2D eigenvalue weighted by molar-refractivity contribution is -0.385. The number of nitro benzene ring substituents is 1. The first-order valence-corrected chi connectivity index (χ1v) is 9.10. The quantitative estimate of drug-likeness (QED) is 0.626. The molecule has 0 saturated carbocycles. The number of aliphatic imine (C=N–C) groups is 1. The van der Waals surface area contributed by atoms with E-state index in [-0.39, 0.29) is 10.6 Å². The fourth-order valence-corrected chi connectivity index (χ4v) is 3.52. The fourth-order valence-electron chi connectivity index (χ4n) is 2.43. The molecular formula is C16H16N4O4S. The average Bonchev–Trinajstić information content (AvgIpc) is 2.62. The summed E-state index contributed by atoms with van der Waals surface area (Å²) in [7, 11) is -3.93. The van der Waals surface area contributed by atoms with Gasteiger partial charge < -0.3 is 5.32 Å². The van der Waals surface area contributed by atoms with E-state index in [1.807, 2.05) is 6.07 Å². The molecule has 9 heteroatoms. The normalized spacial score (nSPS) is 14.3. The van der Waals surface area contributed by atoms with Crippen molar-refractivity contribution in [1.82, 2.24) is 5.32 Å². The zero-order valence-corrected chi connectivity index (χ0v) is 14.0. The van der Waals surface area contributed by atoms with Crippen molar-refractivity contribution in [2.45, 2.75) is 11.3 Å². The van der Waals surface area contributed by atoms with E-state index in [1.165, 1.54) is 18.2 Å². The van der Waals surface area contributed by atoms with Crippen LogP contribution in [0.4, 0.5) is 11.4 Å². The highest BCUT2D eigenvalue weighted by Crippen LogP contribution is 2.21. The highest BCUT2D eigenvalue weighted by atomic mass is 32.2. The molecule has 1 heterocycles. The van der Waals surface area contributed by atoms with Crippen LogP contribution in [0.1, 0.15) is 12.0 Å².